The SMILES string of the molecule is CCOc1cc(NCC(C)OC)c(N)cc1F. The molecule has 0 saturated carbocycles. The van der Waals surface area contributed by atoms with Crippen LogP contribution in [0.2, 0.25) is 0 Å². The van der Waals surface area contributed by atoms with Crippen LogP contribution in [0, 0.1) is 5.82 Å². The van der Waals surface area contributed by atoms with Crippen LogP contribution in [0.4, 0.5) is 15.8 Å². The Morgan fingerprint density at radius 3 is 2.76 bits per heavy atom. The summed E-state index contributed by atoms with van der Waals surface area (Å²) in [4.78, 5) is 0. The number of methoxy groups -OCH3 is 1. The van der Waals surface area contributed by atoms with Gasteiger partial charge in [-0.25, -0.2) is 4.39 Å². The number of halogens is 1. The van der Waals surface area contributed by atoms with E-state index < -0.39 is 5.82 Å². The zero-order chi connectivity index (χ0) is 12.8. The predicted octanol–water partition coefficient (Wildman–Crippen LogP) is 2.25. The van der Waals surface area contributed by atoms with Crippen molar-refractivity contribution in [2.75, 3.05) is 31.3 Å². The first-order valence-corrected chi connectivity index (χ1v) is 5.57. The predicted molar refractivity (Wildman–Crippen MR) is 66.9 cm³/mol. The van der Waals surface area contributed by atoms with E-state index in [1.165, 1.54) is 6.07 Å². The molecular formula is C12H19FN2O2. The molecule has 1 rings (SSSR count). The molecule has 0 aliphatic carbocycles. The Morgan fingerprint density at radius 2 is 2.18 bits per heavy atom. The lowest BCUT2D eigenvalue weighted by Crippen LogP contribution is -2.18. The molecule has 0 aliphatic heterocycles. The summed E-state index contributed by atoms with van der Waals surface area (Å²) < 4.78 is 23.7. The molecule has 1 unspecified atom stereocenters. The molecule has 0 saturated heterocycles. The third-order valence-electron chi connectivity index (χ3n) is 2.39. The number of nitrogen functional groups attached to an aromatic ring is 1. The van der Waals surface area contributed by atoms with Gasteiger partial charge in [-0.2, -0.15) is 0 Å². The summed E-state index contributed by atoms with van der Waals surface area (Å²) in [5.74, 6) is -0.246. The van der Waals surface area contributed by atoms with Gasteiger partial charge in [0.25, 0.3) is 0 Å². The van der Waals surface area contributed by atoms with Crippen LogP contribution in [0.5, 0.6) is 5.75 Å². The van der Waals surface area contributed by atoms with E-state index in [-0.39, 0.29) is 11.9 Å². The van der Waals surface area contributed by atoms with E-state index >= 15 is 0 Å². The smallest absolute Gasteiger partial charge is 0.167 e. The van der Waals surface area contributed by atoms with Crippen molar-refractivity contribution in [3.05, 3.63) is 17.9 Å². The first-order chi connectivity index (χ1) is 8.08. The molecule has 96 valence electrons. The van der Waals surface area contributed by atoms with Crippen molar-refractivity contribution in [2.45, 2.75) is 20.0 Å². The second-order valence-electron chi connectivity index (χ2n) is 3.73. The van der Waals surface area contributed by atoms with E-state index in [0.717, 1.165) is 0 Å². The monoisotopic (exact) mass is 242 g/mol. The summed E-state index contributed by atoms with van der Waals surface area (Å²) in [7, 11) is 1.63. The fourth-order valence-corrected chi connectivity index (χ4v) is 1.33. The molecule has 1 aromatic rings. The molecule has 0 aliphatic rings. The topological polar surface area (TPSA) is 56.5 Å². The Kier molecular flexibility index (Phi) is 5.03. The summed E-state index contributed by atoms with van der Waals surface area (Å²) >= 11 is 0. The molecule has 17 heavy (non-hydrogen) atoms. The van der Waals surface area contributed by atoms with Gasteiger partial charge < -0.3 is 20.5 Å². The Hall–Kier alpha value is -1.49. The van der Waals surface area contributed by atoms with Gasteiger partial charge in [-0.15, -0.1) is 0 Å². The highest BCUT2D eigenvalue weighted by atomic mass is 19.1. The maximum absolute atomic E-state index is 13.4. The van der Waals surface area contributed by atoms with Gasteiger partial charge in [0.05, 0.1) is 24.1 Å². The minimum atomic E-state index is -0.449. The van der Waals surface area contributed by atoms with Crippen LogP contribution in [0.3, 0.4) is 0 Å². The molecule has 0 spiro atoms. The lowest BCUT2D eigenvalue weighted by molar-refractivity contribution is 0.129. The molecule has 0 heterocycles. The van der Waals surface area contributed by atoms with Gasteiger partial charge in [0.15, 0.2) is 11.6 Å². The summed E-state index contributed by atoms with van der Waals surface area (Å²) in [6, 6.07) is 2.82. The average Bonchev–Trinajstić information content (AvgIpc) is 2.30. The Bertz CT molecular complexity index is 372. The maximum atomic E-state index is 13.4. The summed E-state index contributed by atoms with van der Waals surface area (Å²) in [6.45, 7) is 4.73. The van der Waals surface area contributed by atoms with E-state index in [1.807, 2.05) is 6.92 Å². The van der Waals surface area contributed by atoms with Gasteiger partial charge in [-0.3, -0.25) is 0 Å². The number of anilines is 2. The molecule has 0 amide bonds. The maximum Gasteiger partial charge on any atom is 0.167 e. The first kappa shape index (κ1) is 13.6. The molecule has 0 aromatic heterocycles. The summed E-state index contributed by atoms with van der Waals surface area (Å²) in [6.07, 6.45) is 0.0509. The zero-order valence-corrected chi connectivity index (χ0v) is 10.4. The van der Waals surface area contributed by atoms with Crippen molar-refractivity contribution in [1.29, 1.82) is 0 Å². The van der Waals surface area contributed by atoms with Crippen molar-refractivity contribution < 1.29 is 13.9 Å². The Labute approximate surface area is 101 Å². The van der Waals surface area contributed by atoms with Crippen LogP contribution in [0.25, 0.3) is 0 Å². The lowest BCUT2D eigenvalue weighted by Gasteiger charge is -2.15. The van der Waals surface area contributed by atoms with E-state index in [9.17, 15) is 4.39 Å². The summed E-state index contributed by atoms with van der Waals surface area (Å²) in [5, 5.41) is 3.09. The van der Waals surface area contributed by atoms with Crippen molar-refractivity contribution in [1.82, 2.24) is 0 Å². The second-order valence-corrected chi connectivity index (χ2v) is 3.73. The number of ether oxygens (including phenoxy) is 2. The normalized spacial score (nSPS) is 12.2. The third-order valence-corrected chi connectivity index (χ3v) is 2.39. The van der Waals surface area contributed by atoms with Crippen molar-refractivity contribution in [3.8, 4) is 5.75 Å². The molecule has 4 nitrogen and oxygen atoms in total. The summed E-state index contributed by atoms with van der Waals surface area (Å²) in [5.41, 5.74) is 6.72. The second kappa shape index (κ2) is 6.30. The van der Waals surface area contributed by atoms with E-state index in [4.69, 9.17) is 15.2 Å². The highest BCUT2D eigenvalue weighted by Gasteiger charge is 2.09. The quantitative estimate of drug-likeness (QED) is 0.751. The van der Waals surface area contributed by atoms with Gasteiger partial charge in [-0.05, 0) is 13.8 Å². The highest BCUT2D eigenvalue weighted by molar-refractivity contribution is 5.68. The van der Waals surface area contributed by atoms with Crippen LogP contribution in [-0.2, 0) is 4.74 Å². The fourth-order valence-electron chi connectivity index (χ4n) is 1.33. The van der Waals surface area contributed by atoms with Crippen molar-refractivity contribution in [3.63, 3.8) is 0 Å². The van der Waals surface area contributed by atoms with Gasteiger partial charge in [-0.1, -0.05) is 0 Å². The van der Waals surface area contributed by atoms with Crippen LogP contribution < -0.4 is 15.8 Å². The minimum absolute atomic E-state index is 0.0509. The number of rotatable bonds is 6. The number of nitrogens with two attached hydrogens (primary N) is 1. The largest absolute Gasteiger partial charge is 0.491 e. The molecule has 0 radical (unpaired) electrons. The fraction of sp³-hybridized carbons (Fsp3) is 0.500. The molecule has 0 bridgehead atoms. The van der Waals surface area contributed by atoms with Gasteiger partial charge >= 0.3 is 0 Å². The highest BCUT2D eigenvalue weighted by Crippen LogP contribution is 2.28. The van der Waals surface area contributed by atoms with E-state index in [0.29, 0.717) is 24.5 Å². The lowest BCUT2D eigenvalue weighted by atomic mass is 10.2. The number of hydrogen-bond acceptors (Lipinski definition) is 4. The minimum Gasteiger partial charge on any atom is -0.491 e. The molecule has 5 heteroatoms. The zero-order valence-electron chi connectivity index (χ0n) is 10.4. The Balaban J connectivity index is 2.80. The number of hydrogen-bond donors (Lipinski definition) is 2. The third kappa shape index (κ3) is 3.78. The first-order valence-electron chi connectivity index (χ1n) is 5.57. The van der Waals surface area contributed by atoms with Crippen LogP contribution in [0.15, 0.2) is 12.1 Å². The van der Waals surface area contributed by atoms with Crippen molar-refractivity contribution in [2.24, 2.45) is 0 Å². The standard InChI is InChI=1S/C12H19FN2O2/c1-4-17-12-6-11(10(14)5-9(12)13)15-7-8(2)16-3/h5-6,8,15H,4,7,14H2,1-3H3. The van der Waals surface area contributed by atoms with Crippen LogP contribution in [0.1, 0.15) is 13.8 Å². The number of benzene rings is 1. The average molecular weight is 242 g/mol. The molecule has 0 fully saturated rings. The number of nitrogens with one attached hydrogen (secondary N) is 1. The van der Waals surface area contributed by atoms with Crippen LogP contribution in [-0.4, -0.2) is 26.4 Å². The molecule has 1 atom stereocenters. The molecular weight excluding hydrogens is 223 g/mol. The van der Waals surface area contributed by atoms with E-state index in [1.54, 1.807) is 20.1 Å². The van der Waals surface area contributed by atoms with Crippen molar-refractivity contribution >= 4 is 11.4 Å². The molecule has 3 N–H and O–H groups in total. The van der Waals surface area contributed by atoms with E-state index in [2.05, 4.69) is 5.32 Å². The van der Waals surface area contributed by atoms with Gasteiger partial charge in [0.2, 0.25) is 0 Å². The van der Waals surface area contributed by atoms with Crippen LogP contribution >= 0.6 is 0 Å². The van der Waals surface area contributed by atoms with Gasteiger partial charge in [0, 0.05) is 25.8 Å². The Morgan fingerprint density at radius 1 is 1.47 bits per heavy atom. The molecule has 1 aromatic carbocycles. The van der Waals surface area contributed by atoms with Gasteiger partial charge in [0.1, 0.15) is 0 Å².